The molecule has 11 heavy (non-hydrogen) atoms. The van der Waals surface area contributed by atoms with Gasteiger partial charge in [-0.15, -0.1) is 0 Å². The van der Waals surface area contributed by atoms with Crippen LogP contribution in [0.1, 0.15) is 33.1 Å². The first-order chi connectivity index (χ1) is 5.30. The summed E-state index contributed by atoms with van der Waals surface area (Å²) < 4.78 is 0. The minimum atomic E-state index is 0.695. The van der Waals surface area contributed by atoms with Gasteiger partial charge in [0, 0.05) is 12.7 Å². The van der Waals surface area contributed by atoms with Crippen molar-refractivity contribution < 1.29 is 0 Å². The predicted octanol–water partition coefficient (Wildman–Crippen LogP) is 1.43. The van der Waals surface area contributed by atoms with Crippen LogP contribution in [0.25, 0.3) is 0 Å². The van der Waals surface area contributed by atoms with Gasteiger partial charge in [0.2, 0.25) is 0 Å². The van der Waals surface area contributed by atoms with E-state index >= 15 is 0 Å². The Morgan fingerprint density at radius 3 is 2.73 bits per heavy atom. The molecule has 0 saturated carbocycles. The molecule has 1 N–H and O–H groups in total. The second-order valence-corrected chi connectivity index (χ2v) is 3.62. The highest BCUT2D eigenvalue weighted by atomic mass is 15.2. The first-order valence-electron chi connectivity index (χ1n) is 4.75. The molecule has 66 valence electrons. The Bertz CT molecular complexity index is 93.7. The fourth-order valence-electron chi connectivity index (χ4n) is 1.48. The van der Waals surface area contributed by atoms with E-state index in [1.165, 1.54) is 32.4 Å². The van der Waals surface area contributed by atoms with Crippen LogP contribution in [0.2, 0.25) is 0 Å². The molecule has 0 amide bonds. The Labute approximate surface area is 70.0 Å². The lowest BCUT2D eigenvalue weighted by atomic mass is 10.2. The van der Waals surface area contributed by atoms with E-state index in [0.717, 1.165) is 6.67 Å². The van der Waals surface area contributed by atoms with Crippen molar-refractivity contribution in [1.82, 2.24) is 10.2 Å². The zero-order chi connectivity index (χ0) is 8.10. The highest BCUT2D eigenvalue weighted by molar-refractivity contribution is 4.64. The summed E-state index contributed by atoms with van der Waals surface area (Å²) in [6.07, 6.45) is 4.11. The van der Waals surface area contributed by atoms with Crippen LogP contribution in [0.4, 0.5) is 0 Å². The molecule has 0 aromatic heterocycles. The quantitative estimate of drug-likeness (QED) is 0.618. The second-order valence-electron chi connectivity index (χ2n) is 3.62. The molecule has 0 atom stereocenters. The third-order valence-corrected chi connectivity index (χ3v) is 2.34. The van der Waals surface area contributed by atoms with Crippen molar-refractivity contribution in [2.24, 2.45) is 0 Å². The van der Waals surface area contributed by atoms with E-state index in [4.69, 9.17) is 0 Å². The van der Waals surface area contributed by atoms with E-state index in [2.05, 4.69) is 24.1 Å². The lowest BCUT2D eigenvalue weighted by molar-refractivity contribution is 0.190. The summed E-state index contributed by atoms with van der Waals surface area (Å²) >= 11 is 0. The fourth-order valence-corrected chi connectivity index (χ4v) is 1.48. The van der Waals surface area contributed by atoms with E-state index in [1.807, 2.05) is 0 Å². The predicted molar refractivity (Wildman–Crippen MR) is 48.6 cm³/mol. The minimum absolute atomic E-state index is 0.695. The highest BCUT2D eigenvalue weighted by Gasteiger charge is 2.09. The maximum atomic E-state index is 3.44. The fraction of sp³-hybridized carbons (Fsp3) is 1.00. The molecule has 1 heterocycles. The van der Waals surface area contributed by atoms with Crippen LogP contribution in [0.3, 0.4) is 0 Å². The molecule has 2 nitrogen and oxygen atoms in total. The van der Waals surface area contributed by atoms with Crippen molar-refractivity contribution in [1.29, 1.82) is 0 Å². The molecule has 1 rings (SSSR count). The molecule has 0 radical (unpaired) electrons. The van der Waals surface area contributed by atoms with Crippen molar-refractivity contribution in [3.63, 3.8) is 0 Å². The molecule has 1 aliphatic heterocycles. The van der Waals surface area contributed by atoms with Crippen molar-refractivity contribution in [3.05, 3.63) is 0 Å². The summed E-state index contributed by atoms with van der Waals surface area (Å²) in [6, 6.07) is 0.695. The molecular formula is C9H20N2. The molecule has 1 aliphatic rings. The van der Waals surface area contributed by atoms with E-state index in [0.29, 0.717) is 6.04 Å². The topological polar surface area (TPSA) is 15.3 Å². The van der Waals surface area contributed by atoms with Gasteiger partial charge in [0.25, 0.3) is 0 Å². The number of rotatable bonds is 1. The summed E-state index contributed by atoms with van der Waals surface area (Å²) in [4.78, 5) is 2.50. The van der Waals surface area contributed by atoms with Gasteiger partial charge in [0.15, 0.2) is 0 Å². The van der Waals surface area contributed by atoms with Crippen LogP contribution in [0.15, 0.2) is 0 Å². The summed E-state index contributed by atoms with van der Waals surface area (Å²) in [5, 5.41) is 3.44. The largest absolute Gasteiger partial charge is 0.304 e. The number of hydrogen-bond donors (Lipinski definition) is 1. The maximum absolute atomic E-state index is 3.44. The van der Waals surface area contributed by atoms with Gasteiger partial charge in [0.05, 0.1) is 0 Å². The third-order valence-electron chi connectivity index (χ3n) is 2.34. The van der Waals surface area contributed by atoms with Crippen LogP contribution >= 0.6 is 0 Å². The van der Waals surface area contributed by atoms with Crippen LogP contribution < -0.4 is 5.32 Å². The van der Waals surface area contributed by atoms with Gasteiger partial charge >= 0.3 is 0 Å². The van der Waals surface area contributed by atoms with Crippen molar-refractivity contribution in [2.45, 2.75) is 39.2 Å². The molecule has 0 bridgehead atoms. The Balaban J connectivity index is 2.26. The van der Waals surface area contributed by atoms with Gasteiger partial charge in [-0.05, 0) is 39.8 Å². The number of nitrogens with one attached hydrogen (secondary N) is 1. The van der Waals surface area contributed by atoms with Gasteiger partial charge < -0.3 is 5.32 Å². The van der Waals surface area contributed by atoms with Crippen LogP contribution in [0, 0.1) is 0 Å². The average molecular weight is 156 g/mol. The lowest BCUT2D eigenvalue weighted by Crippen LogP contribution is -2.41. The lowest BCUT2D eigenvalue weighted by Gasteiger charge is -2.28. The van der Waals surface area contributed by atoms with E-state index < -0.39 is 0 Å². The highest BCUT2D eigenvalue weighted by Crippen LogP contribution is 2.04. The Kier molecular flexibility index (Phi) is 3.87. The van der Waals surface area contributed by atoms with Crippen molar-refractivity contribution in [2.75, 3.05) is 19.8 Å². The van der Waals surface area contributed by atoms with Gasteiger partial charge in [0.1, 0.15) is 0 Å². The molecular weight excluding hydrogens is 136 g/mol. The Morgan fingerprint density at radius 2 is 2.00 bits per heavy atom. The standard InChI is InChI=1S/C9H20N2/c1-9(2)11-7-5-3-4-6-10-8-11/h9-10H,3-8H2,1-2H3. The monoisotopic (exact) mass is 156 g/mol. The van der Waals surface area contributed by atoms with Gasteiger partial charge in [-0.1, -0.05) is 6.42 Å². The first kappa shape index (κ1) is 9.01. The average Bonchev–Trinajstić information content (AvgIpc) is 1.84. The van der Waals surface area contributed by atoms with E-state index in [1.54, 1.807) is 0 Å². The molecule has 0 spiro atoms. The zero-order valence-corrected chi connectivity index (χ0v) is 7.77. The number of nitrogens with zero attached hydrogens (tertiary/aromatic N) is 1. The van der Waals surface area contributed by atoms with Crippen molar-refractivity contribution >= 4 is 0 Å². The molecule has 0 aromatic rings. The summed E-state index contributed by atoms with van der Waals surface area (Å²) in [5.74, 6) is 0. The molecule has 1 saturated heterocycles. The summed E-state index contributed by atoms with van der Waals surface area (Å²) in [7, 11) is 0. The minimum Gasteiger partial charge on any atom is -0.304 e. The Morgan fingerprint density at radius 1 is 1.18 bits per heavy atom. The summed E-state index contributed by atoms with van der Waals surface area (Å²) in [5.41, 5.74) is 0. The maximum Gasteiger partial charge on any atom is 0.0482 e. The SMILES string of the molecule is CC(C)N1CCCCCNC1. The Hall–Kier alpha value is -0.0800. The van der Waals surface area contributed by atoms with E-state index in [-0.39, 0.29) is 0 Å². The smallest absolute Gasteiger partial charge is 0.0482 e. The van der Waals surface area contributed by atoms with Crippen LogP contribution in [0.5, 0.6) is 0 Å². The van der Waals surface area contributed by atoms with Crippen LogP contribution in [-0.4, -0.2) is 30.7 Å². The van der Waals surface area contributed by atoms with Gasteiger partial charge in [-0.25, -0.2) is 0 Å². The molecule has 2 heteroatoms. The third kappa shape index (κ3) is 3.21. The molecule has 0 unspecified atom stereocenters. The molecule has 1 fully saturated rings. The molecule has 0 aliphatic carbocycles. The second kappa shape index (κ2) is 4.73. The van der Waals surface area contributed by atoms with Gasteiger partial charge in [-0.2, -0.15) is 0 Å². The molecule has 0 aromatic carbocycles. The summed E-state index contributed by atoms with van der Waals surface area (Å²) in [6.45, 7) is 8.08. The normalized spacial score (nSPS) is 23.2. The van der Waals surface area contributed by atoms with E-state index in [9.17, 15) is 0 Å². The number of hydrogen-bond acceptors (Lipinski definition) is 2. The van der Waals surface area contributed by atoms with Crippen molar-refractivity contribution in [3.8, 4) is 0 Å². The first-order valence-corrected chi connectivity index (χ1v) is 4.75. The zero-order valence-electron chi connectivity index (χ0n) is 7.77. The van der Waals surface area contributed by atoms with Crippen LogP contribution in [-0.2, 0) is 0 Å². The van der Waals surface area contributed by atoms with Gasteiger partial charge in [-0.3, -0.25) is 4.90 Å².